The maximum Gasteiger partial charge on any atom is 0.342 e. The highest BCUT2D eigenvalue weighted by Gasteiger charge is 2.45. The minimum absolute atomic E-state index is 0.296. The Labute approximate surface area is 162 Å². The molecule has 1 fully saturated rings. The maximum absolute atomic E-state index is 12.1. The number of carbonyl (C=O) groups excluding carboxylic acids is 2. The summed E-state index contributed by atoms with van der Waals surface area (Å²) in [6.45, 7) is 4.93. The second-order valence-corrected chi connectivity index (χ2v) is 6.97. The number of rotatable bonds is 16. The molecule has 158 valence electrons. The molecule has 0 saturated carbocycles. The van der Waals surface area contributed by atoms with Gasteiger partial charge in [0.15, 0.2) is 0 Å². The topological polar surface area (TPSA) is 80.3 Å². The molecule has 0 bridgehead atoms. The van der Waals surface area contributed by atoms with Crippen molar-refractivity contribution in [2.75, 3.05) is 13.2 Å². The summed E-state index contributed by atoms with van der Waals surface area (Å²) in [5.41, 5.74) is 0. The van der Waals surface area contributed by atoms with Gasteiger partial charge in [-0.15, -0.1) is 0 Å². The molecule has 1 rings (SSSR count). The molecule has 0 amide bonds. The minimum atomic E-state index is -1.23. The molecule has 0 radical (unpaired) electrons. The second-order valence-electron chi connectivity index (χ2n) is 6.97. The van der Waals surface area contributed by atoms with Crippen LogP contribution in [0.1, 0.15) is 90.9 Å². The molecule has 0 aliphatic carbocycles. The predicted octanol–water partition coefficient (Wildman–Crippen LogP) is 4.42. The van der Waals surface area contributed by atoms with E-state index in [4.69, 9.17) is 19.2 Å². The molecule has 1 aliphatic heterocycles. The van der Waals surface area contributed by atoms with Gasteiger partial charge in [-0.1, -0.05) is 83.1 Å². The Kier molecular flexibility index (Phi) is 14.0. The zero-order valence-corrected chi connectivity index (χ0v) is 16.9. The average molecular weight is 389 g/mol. The second kappa shape index (κ2) is 15.8. The van der Waals surface area contributed by atoms with E-state index in [0.29, 0.717) is 13.2 Å². The molecule has 27 heavy (non-hydrogen) atoms. The molecule has 2 atom stereocenters. The molecule has 7 nitrogen and oxygen atoms in total. The first-order chi connectivity index (χ1) is 13.2. The van der Waals surface area contributed by atoms with Crippen LogP contribution < -0.4 is 0 Å². The van der Waals surface area contributed by atoms with Crippen LogP contribution in [0, 0.1) is 0 Å². The highest BCUT2D eigenvalue weighted by molar-refractivity contribution is 5.85. The molecule has 1 heterocycles. The van der Waals surface area contributed by atoms with E-state index < -0.39 is 24.1 Å². The van der Waals surface area contributed by atoms with Crippen LogP contribution in [-0.4, -0.2) is 37.4 Å². The van der Waals surface area contributed by atoms with Gasteiger partial charge in [0, 0.05) is 0 Å². The molecule has 0 aromatic heterocycles. The van der Waals surface area contributed by atoms with Crippen LogP contribution in [0.4, 0.5) is 0 Å². The highest BCUT2D eigenvalue weighted by atomic mass is 17.5. The van der Waals surface area contributed by atoms with Crippen molar-refractivity contribution in [2.45, 2.75) is 103 Å². The third-order valence-electron chi connectivity index (χ3n) is 4.51. The van der Waals surface area contributed by atoms with Crippen LogP contribution in [0.15, 0.2) is 0 Å². The van der Waals surface area contributed by atoms with E-state index in [0.717, 1.165) is 38.5 Å². The van der Waals surface area contributed by atoms with Gasteiger partial charge in [-0.3, -0.25) is 0 Å². The zero-order valence-electron chi connectivity index (χ0n) is 16.9. The monoisotopic (exact) mass is 388 g/mol. The van der Waals surface area contributed by atoms with E-state index >= 15 is 0 Å². The summed E-state index contributed by atoms with van der Waals surface area (Å²) in [6, 6.07) is 0. The van der Waals surface area contributed by atoms with Crippen molar-refractivity contribution < 1.29 is 33.9 Å². The summed E-state index contributed by atoms with van der Waals surface area (Å²) in [7, 11) is 0. The van der Waals surface area contributed by atoms with E-state index in [9.17, 15) is 9.59 Å². The number of unbranched alkanes of at least 4 members (excludes halogenated alkanes) is 10. The molecular formula is C20H36O7. The summed E-state index contributed by atoms with van der Waals surface area (Å²) >= 11 is 0. The van der Waals surface area contributed by atoms with Crippen LogP contribution in [0.3, 0.4) is 0 Å². The van der Waals surface area contributed by atoms with Crippen molar-refractivity contribution in [3.8, 4) is 0 Å². The number of hydrogen-bond donors (Lipinski definition) is 0. The standard InChI is InChI=1S/C20H36O7/c1-3-5-7-9-11-13-15-23-19(21)17-18(26-27-25-17)20(22)24-16-14-12-10-8-6-4-2/h17-18H,3-16H2,1-2H3. The first kappa shape index (κ1) is 23.9. The van der Waals surface area contributed by atoms with Gasteiger partial charge in [-0.05, 0) is 12.8 Å². The molecule has 0 N–H and O–H groups in total. The summed E-state index contributed by atoms with van der Waals surface area (Å²) in [4.78, 5) is 33.6. The van der Waals surface area contributed by atoms with Gasteiger partial charge in [0.25, 0.3) is 0 Å². The van der Waals surface area contributed by atoms with Crippen molar-refractivity contribution in [1.29, 1.82) is 0 Å². The lowest BCUT2D eigenvalue weighted by Crippen LogP contribution is -2.39. The van der Waals surface area contributed by atoms with Crippen molar-refractivity contribution in [2.24, 2.45) is 0 Å². The smallest absolute Gasteiger partial charge is 0.342 e. The molecule has 0 spiro atoms. The molecule has 1 aliphatic rings. The molecule has 0 aromatic carbocycles. The molecule has 1 saturated heterocycles. The number of carbonyl (C=O) groups is 2. The third-order valence-corrected chi connectivity index (χ3v) is 4.51. The van der Waals surface area contributed by atoms with E-state index in [1.54, 1.807) is 0 Å². The first-order valence-corrected chi connectivity index (χ1v) is 10.5. The van der Waals surface area contributed by atoms with Crippen molar-refractivity contribution >= 4 is 11.9 Å². The van der Waals surface area contributed by atoms with Gasteiger partial charge in [0.1, 0.15) is 0 Å². The van der Waals surface area contributed by atoms with Crippen LogP contribution in [-0.2, 0) is 33.9 Å². The van der Waals surface area contributed by atoms with E-state index in [1.165, 1.54) is 38.5 Å². The first-order valence-electron chi connectivity index (χ1n) is 10.5. The number of ether oxygens (including phenoxy) is 2. The third kappa shape index (κ3) is 10.7. The van der Waals surface area contributed by atoms with Gasteiger partial charge in [0.05, 0.1) is 13.2 Å². The fraction of sp³-hybridized carbons (Fsp3) is 0.900. The Morgan fingerprint density at radius 3 is 1.41 bits per heavy atom. The van der Waals surface area contributed by atoms with Crippen LogP contribution in [0.25, 0.3) is 0 Å². The highest BCUT2D eigenvalue weighted by Crippen LogP contribution is 2.18. The quantitative estimate of drug-likeness (QED) is 0.220. The lowest BCUT2D eigenvalue weighted by molar-refractivity contribution is -0.462. The summed E-state index contributed by atoms with van der Waals surface area (Å²) in [6.07, 6.45) is 10.6. The lowest BCUT2D eigenvalue weighted by Gasteiger charge is -2.12. The Balaban J connectivity index is 2.15. The van der Waals surface area contributed by atoms with Gasteiger partial charge in [-0.25, -0.2) is 9.59 Å². The molecule has 0 aromatic rings. The molecule has 2 unspecified atom stereocenters. The largest absolute Gasteiger partial charge is 0.464 e. The fourth-order valence-electron chi connectivity index (χ4n) is 2.81. The van der Waals surface area contributed by atoms with Crippen molar-refractivity contribution in [1.82, 2.24) is 0 Å². The van der Waals surface area contributed by atoms with E-state index in [2.05, 4.69) is 18.9 Å². The van der Waals surface area contributed by atoms with E-state index in [1.807, 2.05) is 0 Å². The maximum atomic E-state index is 12.1. The van der Waals surface area contributed by atoms with Gasteiger partial charge < -0.3 is 9.47 Å². The van der Waals surface area contributed by atoms with Crippen LogP contribution >= 0.6 is 0 Å². The SMILES string of the molecule is CCCCCCCCOC(=O)C1OOOC1C(=O)OCCCCCCCC. The zero-order chi connectivity index (χ0) is 19.7. The Bertz CT molecular complexity index is 364. The van der Waals surface area contributed by atoms with Crippen molar-refractivity contribution in [3.05, 3.63) is 0 Å². The summed E-state index contributed by atoms with van der Waals surface area (Å²) < 4.78 is 10.3. The van der Waals surface area contributed by atoms with Gasteiger partial charge >= 0.3 is 11.9 Å². The van der Waals surface area contributed by atoms with Crippen LogP contribution in [0.2, 0.25) is 0 Å². The minimum Gasteiger partial charge on any atom is -0.464 e. The summed E-state index contributed by atoms with van der Waals surface area (Å²) in [5, 5.41) is 4.35. The molecule has 7 heteroatoms. The van der Waals surface area contributed by atoms with Gasteiger partial charge in [-0.2, -0.15) is 9.78 Å². The van der Waals surface area contributed by atoms with E-state index in [-0.39, 0.29) is 0 Å². The normalized spacial score (nSPS) is 19.2. The Hall–Kier alpha value is -1.18. The molecular weight excluding hydrogens is 352 g/mol. The number of hydrogen-bond acceptors (Lipinski definition) is 7. The predicted molar refractivity (Wildman–Crippen MR) is 99.5 cm³/mol. The average Bonchev–Trinajstić information content (AvgIpc) is 3.16. The summed E-state index contributed by atoms with van der Waals surface area (Å²) in [5.74, 6) is -1.33. The Morgan fingerprint density at radius 1 is 0.630 bits per heavy atom. The van der Waals surface area contributed by atoms with Crippen LogP contribution in [0.5, 0.6) is 0 Å². The fourth-order valence-corrected chi connectivity index (χ4v) is 2.81. The van der Waals surface area contributed by atoms with Crippen molar-refractivity contribution in [3.63, 3.8) is 0 Å². The van der Waals surface area contributed by atoms with Gasteiger partial charge in [0.2, 0.25) is 12.2 Å². The lowest BCUT2D eigenvalue weighted by atomic mass is 10.1. The number of esters is 2. The Morgan fingerprint density at radius 2 is 1.00 bits per heavy atom.